The van der Waals surface area contributed by atoms with Gasteiger partial charge in [-0.1, -0.05) is 18.2 Å². The van der Waals surface area contributed by atoms with E-state index in [2.05, 4.69) is 0 Å². The lowest BCUT2D eigenvalue weighted by Gasteiger charge is -1.94. The maximum absolute atomic E-state index is 10.9. The van der Waals surface area contributed by atoms with Crippen molar-refractivity contribution in [2.24, 2.45) is 0 Å². The highest BCUT2D eigenvalue weighted by Crippen LogP contribution is 2.47. The molecule has 1 N–H and O–H groups in total. The minimum absolute atomic E-state index is 0.0267. The van der Waals surface area contributed by atoms with Gasteiger partial charge in [-0.3, -0.25) is 4.55 Å². The molecular weight excluding hydrogens is 200 g/mol. The van der Waals surface area contributed by atoms with Crippen molar-refractivity contribution < 1.29 is 13.0 Å². The first-order chi connectivity index (χ1) is 6.57. The van der Waals surface area contributed by atoms with E-state index in [-0.39, 0.29) is 4.90 Å². The van der Waals surface area contributed by atoms with E-state index in [1.807, 2.05) is 18.2 Å². The van der Waals surface area contributed by atoms with Gasteiger partial charge in [-0.15, -0.1) is 0 Å². The second-order valence-electron chi connectivity index (χ2n) is 3.35. The van der Waals surface area contributed by atoms with Crippen molar-refractivity contribution >= 4 is 20.9 Å². The fourth-order valence-corrected chi connectivity index (χ4v) is 2.33. The van der Waals surface area contributed by atoms with Crippen molar-refractivity contribution in [2.45, 2.75) is 4.90 Å². The molecule has 0 fully saturated rings. The summed E-state index contributed by atoms with van der Waals surface area (Å²) in [5, 5.41) is 1.98. The Kier molecular flexibility index (Phi) is 1.23. The predicted octanol–water partition coefficient (Wildman–Crippen LogP) is 2.07. The molecule has 0 saturated carbocycles. The van der Waals surface area contributed by atoms with Crippen LogP contribution in [-0.4, -0.2) is 13.0 Å². The second-order valence-corrected chi connectivity index (χ2v) is 4.77. The Labute approximate surface area is 80.7 Å². The number of hydrogen-bond donors (Lipinski definition) is 1. The van der Waals surface area contributed by atoms with Crippen LogP contribution in [0.5, 0.6) is 0 Å². The monoisotopic (exact) mass is 206 g/mol. The summed E-state index contributed by atoms with van der Waals surface area (Å²) in [4.78, 5) is -0.0267. The molecule has 4 heteroatoms. The van der Waals surface area contributed by atoms with Crippen LogP contribution in [0.3, 0.4) is 0 Å². The zero-order chi connectivity index (χ0) is 9.92. The lowest BCUT2D eigenvalue weighted by atomic mass is 10.2. The predicted molar refractivity (Wildman–Crippen MR) is 52.8 cm³/mol. The summed E-state index contributed by atoms with van der Waals surface area (Å²) in [5.41, 5.74) is 2.01. The van der Waals surface area contributed by atoms with Gasteiger partial charge in [-0.05, 0) is 34.0 Å². The Morgan fingerprint density at radius 2 is 1.86 bits per heavy atom. The van der Waals surface area contributed by atoms with Gasteiger partial charge in [0, 0.05) is 0 Å². The van der Waals surface area contributed by atoms with E-state index in [1.54, 1.807) is 0 Å². The largest absolute Gasteiger partial charge is 0.294 e. The molecule has 0 spiro atoms. The van der Waals surface area contributed by atoms with Gasteiger partial charge in [0.2, 0.25) is 0 Å². The fourth-order valence-electron chi connectivity index (χ4n) is 1.79. The number of fused-ring (bicyclic) bond motifs is 1. The smallest absolute Gasteiger partial charge is 0.282 e. The highest BCUT2D eigenvalue weighted by molar-refractivity contribution is 7.85. The van der Waals surface area contributed by atoms with Crippen molar-refractivity contribution in [2.75, 3.05) is 0 Å². The third-order valence-electron chi connectivity index (χ3n) is 2.48. The fraction of sp³-hybridized carbons (Fsp3) is 0. The van der Waals surface area contributed by atoms with E-state index in [9.17, 15) is 8.42 Å². The molecule has 0 aromatic heterocycles. The molecule has 0 radical (unpaired) electrons. The molecule has 14 heavy (non-hydrogen) atoms. The molecule has 2 aromatic carbocycles. The second kappa shape index (κ2) is 2.16. The van der Waals surface area contributed by atoms with Gasteiger partial charge in [-0.2, -0.15) is 8.42 Å². The highest BCUT2D eigenvalue weighted by Gasteiger charge is 2.24. The van der Waals surface area contributed by atoms with Crippen LogP contribution in [0.1, 0.15) is 0 Å². The van der Waals surface area contributed by atoms with Gasteiger partial charge in [0.1, 0.15) is 0 Å². The zero-order valence-electron chi connectivity index (χ0n) is 7.06. The number of hydrogen-bond acceptors (Lipinski definition) is 2. The average Bonchev–Trinajstić information content (AvgIpc) is 2.80. The van der Waals surface area contributed by atoms with Gasteiger partial charge in [0.05, 0.1) is 4.90 Å². The Bertz CT molecular complexity index is 656. The first-order valence-corrected chi connectivity index (χ1v) is 5.56. The van der Waals surface area contributed by atoms with Crippen LogP contribution in [0, 0.1) is 0 Å². The summed E-state index contributed by atoms with van der Waals surface area (Å²) in [7, 11) is -4.08. The van der Waals surface area contributed by atoms with Crippen LogP contribution in [0.4, 0.5) is 0 Å². The molecule has 0 bridgehead atoms. The standard InChI is InChI=1S/C10H6O3S/c11-14(12,13)7-4-6-2-1-3-8-9(5-7)10(6)8/h1-5H,(H,11,12,13). The van der Waals surface area contributed by atoms with Crippen LogP contribution in [-0.2, 0) is 10.1 Å². The summed E-state index contributed by atoms with van der Waals surface area (Å²) < 4.78 is 30.7. The molecule has 0 heterocycles. The number of rotatable bonds is 1. The van der Waals surface area contributed by atoms with Crippen molar-refractivity contribution in [3.8, 4) is 11.1 Å². The molecule has 0 amide bonds. The van der Waals surface area contributed by atoms with E-state index >= 15 is 0 Å². The first kappa shape index (κ1) is 7.96. The lowest BCUT2D eigenvalue weighted by Crippen LogP contribution is -1.96. The van der Waals surface area contributed by atoms with Gasteiger partial charge in [-0.25, -0.2) is 0 Å². The quantitative estimate of drug-likeness (QED) is 0.620. The molecule has 0 unspecified atom stereocenters. The molecule has 0 aliphatic heterocycles. The van der Waals surface area contributed by atoms with E-state index < -0.39 is 10.1 Å². The van der Waals surface area contributed by atoms with Crippen LogP contribution in [0.25, 0.3) is 21.9 Å². The Morgan fingerprint density at radius 1 is 1.07 bits per heavy atom. The number of benzene rings is 2. The van der Waals surface area contributed by atoms with Gasteiger partial charge in [0.25, 0.3) is 10.1 Å². The molecule has 2 aromatic rings. The maximum Gasteiger partial charge on any atom is 0.294 e. The van der Waals surface area contributed by atoms with Crippen LogP contribution >= 0.6 is 0 Å². The van der Waals surface area contributed by atoms with Gasteiger partial charge < -0.3 is 0 Å². The highest BCUT2D eigenvalue weighted by atomic mass is 32.2. The Hall–Kier alpha value is -1.39. The molecule has 70 valence electrons. The molecule has 1 aliphatic carbocycles. The molecular formula is C10H6O3S. The third kappa shape index (κ3) is 0.921. The summed E-state index contributed by atoms with van der Waals surface area (Å²) in [6, 6.07) is 8.64. The van der Waals surface area contributed by atoms with Gasteiger partial charge >= 0.3 is 0 Å². The summed E-state index contributed by atoms with van der Waals surface area (Å²) in [6.45, 7) is 0. The van der Waals surface area contributed by atoms with Crippen LogP contribution in [0.2, 0.25) is 0 Å². The zero-order valence-corrected chi connectivity index (χ0v) is 7.88. The molecule has 0 saturated heterocycles. The molecule has 3 nitrogen and oxygen atoms in total. The molecule has 1 aliphatic rings. The van der Waals surface area contributed by atoms with E-state index in [0.29, 0.717) is 0 Å². The minimum atomic E-state index is -4.08. The lowest BCUT2D eigenvalue weighted by molar-refractivity contribution is 0.483. The topological polar surface area (TPSA) is 54.4 Å². The van der Waals surface area contributed by atoms with Crippen molar-refractivity contribution in [3.63, 3.8) is 0 Å². The van der Waals surface area contributed by atoms with Crippen molar-refractivity contribution in [3.05, 3.63) is 30.3 Å². The van der Waals surface area contributed by atoms with E-state index in [0.717, 1.165) is 21.9 Å². The third-order valence-corrected chi connectivity index (χ3v) is 3.31. The first-order valence-electron chi connectivity index (χ1n) is 4.12. The summed E-state index contributed by atoms with van der Waals surface area (Å²) in [6.07, 6.45) is 0. The van der Waals surface area contributed by atoms with E-state index in [1.165, 1.54) is 12.1 Å². The summed E-state index contributed by atoms with van der Waals surface area (Å²) in [5.74, 6) is 0. The van der Waals surface area contributed by atoms with Crippen LogP contribution in [0.15, 0.2) is 35.2 Å². The summed E-state index contributed by atoms with van der Waals surface area (Å²) >= 11 is 0. The Morgan fingerprint density at radius 3 is 2.57 bits per heavy atom. The molecule has 3 rings (SSSR count). The maximum atomic E-state index is 10.9. The SMILES string of the molecule is O=S(=O)(O)c1cc2c3c-2cccc3c1. The van der Waals surface area contributed by atoms with Crippen LogP contribution < -0.4 is 0 Å². The molecule has 0 atom stereocenters. The average molecular weight is 206 g/mol. The van der Waals surface area contributed by atoms with Crippen molar-refractivity contribution in [1.29, 1.82) is 0 Å². The normalized spacial score (nSPS) is 13.2. The Balaban J connectivity index is 2.40. The van der Waals surface area contributed by atoms with Crippen molar-refractivity contribution in [1.82, 2.24) is 0 Å². The van der Waals surface area contributed by atoms with E-state index in [4.69, 9.17) is 4.55 Å². The minimum Gasteiger partial charge on any atom is -0.282 e. The van der Waals surface area contributed by atoms with Gasteiger partial charge in [0.15, 0.2) is 0 Å².